The zero-order valence-corrected chi connectivity index (χ0v) is 17.5. The lowest BCUT2D eigenvalue weighted by molar-refractivity contribution is 0.0697. The number of thiophene rings is 1. The molecule has 5 nitrogen and oxygen atoms in total. The van der Waals surface area contributed by atoms with Crippen molar-refractivity contribution in [1.29, 1.82) is 0 Å². The number of carboxylic acids is 1. The molecule has 0 saturated carbocycles. The molecule has 0 saturated heterocycles. The summed E-state index contributed by atoms with van der Waals surface area (Å²) in [5, 5.41) is 13.8. The summed E-state index contributed by atoms with van der Waals surface area (Å²) in [6.45, 7) is 8.92. The predicted molar refractivity (Wildman–Crippen MR) is 114 cm³/mol. The van der Waals surface area contributed by atoms with Crippen LogP contribution in [0.4, 0.5) is 11.5 Å². The molecule has 1 aliphatic carbocycles. The lowest BCUT2D eigenvalue weighted by Gasteiger charge is -2.33. The van der Waals surface area contributed by atoms with Gasteiger partial charge in [-0.15, -0.1) is 11.3 Å². The molecule has 0 aliphatic heterocycles. The average molecular weight is 396 g/mol. The number of fused-ring (bicyclic) bond motifs is 3. The topological polar surface area (TPSA) is 75.1 Å². The molecule has 4 rings (SSSR count). The van der Waals surface area contributed by atoms with Crippen molar-refractivity contribution in [3.05, 3.63) is 46.1 Å². The number of hydrogen-bond donors (Lipinski definition) is 2. The molecule has 2 aromatic heterocycles. The van der Waals surface area contributed by atoms with Crippen LogP contribution in [-0.2, 0) is 12.8 Å². The quantitative estimate of drug-likeness (QED) is 0.604. The smallest absolute Gasteiger partial charge is 0.335 e. The van der Waals surface area contributed by atoms with E-state index in [9.17, 15) is 9.90 Å². The van der Waals surface area contributed by atoms with E-state index >= 15 is 0 Å². The average Bonchev–Trinajstić information content (AvgIpc) is 3.01. The number of aromatic nitrogens is 2. The number of nitrogens with one attached hydrogen (secondary N) is 1. The molecule has 0 fully saturated rings. The lowest BCUT2D eigenvalue weighted by atomic mass is 9.72. The highest BCUT2D eigenvalue weighted by atomic mass is 32.1. The van der Waals surface area contributed by atoms with Gasteiger partial charge >= 0.3 is 5.97 Å². The first kappa shape index (κ1) is 18.9. The van der Waals surface area contributed by atoms with Crippen LogP contribution in [0.2, 0.25) is 0 Å². The van der Waals surface area contributed by atoms with E-state index in [2.05, 4.69) is 36.1 Å². The monoisotopic (exact) mass is 395 g/mol. The third kappa shape index (κ3) is 3.37. The molecule has 28 heavy (non-hydrogen) atoms. The van der Waals surface area contributed by atoms with Crippen LogP contribution in [0.1, 0.15) is 53.6 Å². The lowest BCUT2D eigenvalue weighted by Crippen LogP contribution is -2.26. The fourth-order valence-corrected chi connectivity index (χ4v) is 5.23. The normalized spacial score (nSPS) is 16.8. The van der Waals surface area contributed by atoms with Gasteiger partial charge in [-0.3, -0.25) is 0 Å². The molecule has 0 bridgehead atoms. The molecule has 6 heteroatoms. The largest absolute Gasteiger partial charge is 0.478 e. The summed E-state index contributed by atoms with van der Waals surface area (Å²) >= 11 is 1.77. The molecule has 2 N–H and O–H groups in total. The van der Waals surface area contributed by atoms with Crippen molar-refractivity contribution in [2.75, 3.05) is 5.32 Å². The molecule has 0 spiro atoms. The minimum atomic E-state index is -0.933. The van der Waals surface area contributed by atoms with Crippen molar-refractivity contribution in [2.45, 2.75) is 47.0 Å². The van der Waals surface area contributed by atoms with E-state index in [4.69, 9.17) is 0 Å². The number of aryl methyl sites for hydroxylation is 2. The van der Waals surface area contributed by atoms with Gasteiger partial charge in [-0.2, -0.15) is 0 Å². The molecule has 1 aromatic carbocycles. The first-order valence-corrected chi connectivity index (χ1v) is 10.4. The molecule has 3 aromatic rings. The van der Waals surface area contributed by atoms with Crippen molar-refractivity contribution < 1.29 is 9.90 Å². The van der Waals surface area contributed by atoms with Crippen LogP contribution in [0, 0.1) is 18.3 Å². The van der Waals surface area contributed by atoms with Crippen LogP contribution in [0.5, 0.6) is 0 Å². The first-order chi connectivity index (χ1) is 13.2. The Bertz CT molecular complexity index is 1070. The van der Waals surface area contributed by atoms with Gasteiger partial charge in [-0.25, -0.2) is 14.8 Å². The third-order valence-corrected chi connectivity index (χ3v) is 6.97. The number of carboxylic acid groups (broad SMARTS) is 1. The Morgan fingerprint density at radius 2 is 2.07 bits per heavy atom. The predicted octanol–water partition coefficient (Wildman–Crippen LogP) is 5.59. The minimum Gasteiger partial charge on any atom is -0.478 e. The number of carbonyl (C=O) groups is 1. The molecule has 0 radical (unpaired) electrons. The molecule has 1 aliphatic rings. The summed E-state index contributed by atoms with van der Waals surface area (Å²) in [7, 11) is 0. The number of aromatic carboxylic acids is 1. The maximum atomic E-state index is 11.3. The molecule has 2 heterocycles. The van der Waals surface area contributed by atoms with E-state index in [0.717, 1.165) is 40.1 Å². The Morgan fingerprint density at radius 1 is 1.29 bits per heavy atom. The zero-order valence-electron chi connectivity index (χ0n) is 16.7. The Kier molecular flexibility index (Phi) is 4.62. The van der Waals surface area contributed by atoms with E-state index in [1.807, 2.05) is 13.0 Å². The highest BCUT2D eigenvalue weighted by molar-refractivity contribution is 7.19. The molecule has 1 atom stereocenters. The van der Waals surface area contributed by atoms with Gasteiger partial charge in [0.2, 0.25) is 0 Å². The highest BCUT2D eigenvalue weighted by Crippen LogP contribution is 2.44. The Labute approximate surface area is 168 Å². The van der Waals surface area contributed by atoms with E-state index in [0.29, 0.717) is 11.3 Å². The van der Waals surface area contributed by atoms with Crippen molar-refractivity contribution in [1.82, 2.24) is 9.97 Å². The van der Waals surface area contributed by atoms with E-state index in [1.165, 1.54) is 16.9 Å². The van der Waals surface area contributed by atoms with Gasteiger partial charge < -0.3 is 10.4 Å². The number of hydrogen-bond acceptors (Lipinski definition) is 5. The van der Waals surface area contributed by atoms with Crippen LogP contribution in [-0.4, -0.2) is 21.0 Å². The van der Waals surface area contributed by atoms with Gasteiger partial charge in [0.15, 0.2) is 0 Å². The second-order valence-electron chi connectivity index (χ2n) is 8.67. The Hall–Kier alpha value is -2.47. The fourth-order valence-electron chi connectivity index (χ4n) is 3.96. The van der Waals surface area contributed by atoms with Gasteiger partial charge in [0, 0.05) is 10.6 Å². The number of benzene rings is 1. The molecular formula is C22H25N3O2S. The van der Waals surface area contributed by atoms with Gasteiger partial charge in [0.25, 0.3) is 0 Å². The van der Waals surface area contributed by atoms with Gasteiger partial charge in [0.05, 0.1) is 10.9 Å². The maximum Gasteiger partial charge on any atom is 0.335 e. The van der Waals surface area contributed by atoms with Crippen molar-refractivity contribution >= 4 is 39.0 Å². The molecule has 0 amide bonds. The van der Waals surface area contributed by atoms with Crippen molar-refractivity contribution in [3.8, 4) is 0 Å². The number of anilines is 2. The SMILES string of the molecule is Cc1ccc(C(=O)O)cc1Nc1ncnc2sc3c(c12)CCC(C(C)(C)C)C3. The fraction of sp³-hybridized carbons (Fsp3) is 0.409. The van der Waals surface area contributed by atoms with E-state index < -0.39 is 5.97 Å². The third-order valence-electron chi connectivity index (χ3n) is 5.81. The van der Waals surface area contributed by atoms with Gasteiger partial charge in [0.1, 0.15) is 17.0 Å². The van der Waals surface area contributed by atoms with Crippen LogP contribution < -0.4 is 5.32 Å². The summed E-state index contributed by atoms with van der Waals surface area (Å²) in [5.41, 5.74) is 3.67. The van der Waals surface area contributed by atoms with Crippen molar-refractivity contribution in [3.63, 3.8) is 0 Å². The van der Waals surface area contributed by atoms with Crippen LogP contribution in [0.3, 0.4) is 0 Å². The van der Waals surface area contributed by atoms with Crippen LogP contribution in [0.25, 0.3) is 10.2 Å². The van der Waals surface area contributed by atoms with Gasteiger partial charge in [-0.1, -0.05) is 26.8 Å². The first-order valence-electron chi connectivity index (χ1n) is 9.60. The second kappa shape index (κ2) is 6.85. The zero-order chi connectivity index (χ0) is 20.1. The summed E-state index contributed by atoms with van der Waals surface area (Å²) in [5.74, 6) is 0.506. The van der Waals surface area contributed by atoms with Crippen LogP contribution >= 0.6 is 11.3 Å². The Morgan fingerprint density at radius 3 is 2.79 bits per heavy atom. The second-order valence-corrected chi connectivity index (χ2v) is 9.76. The highest BCUT2D eigenvalue weighted by Gasteiger charge is 2.31. The molecule has 146 valence electrons. The molecular weight excluding hydrogens is 370 g/mol. The Balaban J connectivity index is 1.75. The van der Waals surface area contributed by atoms with Gasteiger partial charge in [-0.05, 0) is 60.8 Å². The summed E-state index contributed by atoms with van der Waals surface area (Å²) < 4.78 is 0. The van der Waals surface area contributed by atoms with E-state index in [1.54, 1.807) is 29.8 Å². The molecule has 1 unspecified atom stereocenters. The number of nitrogens with zero attached hydrogens (tertiary/aromatic N) is 2. The number of rotatable bonds is 3. The van der Waals surface area contributed by atoms with Crippen LogP contribution in [0.15, 0.2) is 24.5 Å². The summed E-state index contributed by atoms with van der Waals surface area (Å²) in [6.07, 6.45) is 4.88. The minimum absolute atomic E-state index is 0.263. The summed E-state index contributed by atoms with van der Waals surface area (Å²) in [6, 6.07) is 5.11. The standard InChI is InChI=1S/C22H25N3O2S/c1-12-5-6-13(21(26)27)9-16(12)25-19-18-15-8-7-14(22(2,3)4)10-17(15)28-20(18)24-11-23-19/h5-6,9,11,14H,7-8,10H2,1-4H3,(H,26,27)(H,23,24,25). The summed E-state index contributed by atoms with van der Waals surface area (Å²) in [4.78, 5) is 22.8. The van der Waals surface area contributed by atoms with Crippen molar-refractivity contribution in [2.24, 2.45) is 11.3 Å². The maximum absolute atomic E-state index is 11.3. The van der Waals surface area contributed by atoms with E-state index in [-0.39, 0.29) is 5.56 Å².